The molecule has 4 nitrogen and oxygen atoms in total. The Hall–Kier alpha value is -0.710. The Morgan fingerprint density at radius 2 is 1.93 bits per heavy atom. The summed E-state index contributed by atoms with van der Waals surface area (Å²) in [4.78, 5) is 24.1. The topological polar surface area (TPSA) is 46.6 Å². The van der Waals surface area contributed by atoms with Gasteiger partial charge in [-0.15, -0.1) is 0 Å². The Balaban J connectivity index is 2.49. The molecule has 1 rings (SSSR count). The van der Waals surface area contributed by atoms with E-state index in [1.165, 1.54) is 11.8 Å². The van der Waals surface area contributed by atoms with Crippen LogP contribution < -0.4 is 0 Å². The number of thiol groups is 1. The molecule has 0 aromatic carbocycles. The van der Waals surface area contributed by atoms with Gasteiger partial charge in [0.2, 0.25) is 0 Å². The van der Waals surface area contributed by atoms with Gasteiger partial charge >= 0.3 is 6.09 Å². The highest BCUT2D eigenvalue weighted by Crippen LogP contribution is 2.30. The molecule has 0 spiro atoms. The Kier molecular flexibility index (Phi) is 3.33. The first kappa shape index (κ1) is 12.4. The first-order valence-electron chi connectivity index (χ1n) is 4.90. The zero-order valence-electron chi connectivity index (χ0n) is 9.48. The lowest BCUT2D eigenvalue weighted by atomic mass is 9.96. The number of likely N-dealkylation sites (tertiary alicyclic amines) is 1. The molecular formula is C10H17NO3S. The maximum Gasteiger partial charge on any atom is 0.411 e. The monoisotopic (exact) mass is 231 g/mol. The fourth-order valence-electron chi connectivity index (χ4n) is 1.33. The third-order valence-corrected chi connectivity index (χ3v) is 2.86. The average molecular weight is 231 g/mol. The first-order valence-corrected chi connectivity index (χ1v) is 5.42. The summed E-state index contributed by atoms with van der Waals surface area (Å²) in [5, 5.41) is -0.336. The highest BCUT2D eigenvalue weighted by molar-refractivity contribution is 7.81. The summed E-state index contributed by atoms with van der Waals surface area (Å²) in [7, 11) is 0. The Morgan fingerprint density at radius 1 is 1.40 bits per heavy atom. The quantitative estimate of drug-likeness (QED) is 0.699. The molecule has 2 unspecified atom stereocenters. The summed E-state index contributed by atoms with van der Waals surface area (Å²) in [6.45, 7) is 7.35. The van der Waals surface area contributed by atoms with Crippen molar-refractivity contribution in [3.63, 3.8) is 0 Å². The maximum atomic E-state index is 11.6. The van der Waals surface area contributed by atoms with Crippen molar-refractivity contribution < 1.29 is 14.3 Å². The van der Waals surface area contributed by atoms with Crippen molar-refractivity contribution in [2.75, 3.05) is 6.54 Å². The van der Waals surface area contributed by atoms with E-state index in [2.05, 4.69) is 12.6 Å². The molecule has 0 bridgehead atoms. The van der Waals surface area contributed by atoms with Crippen LogP contribution in [0.3, 0.4) is 0 Å². The second-order valence-electron chi connectivity index (χ2n) is 4.76. The molecule has 1 fully saturated rings. The van der Waals surface area contributed by atoms with Crippen LogP contribution in [0.2, 0.25) is 0 Å². The zero-order chi connectivity index (χ0) is 11.8. The molecule has 0 radical (unpaired) electrons. The second kappa shape index (κ2) is 4.04. The van der Waals surface area contributed by atoms with Crippen LogP contribution in [0, 0.1) is 5.92 Å². The zero-order valence-corrected chi connectivity index (χ0v) is 10.4. The van der Waals surface area contributed by atoms with Crippen molar-refractivity contribution in [3.8, 4) is 0 Å². The molecule has 1 aliphatic rings. The smallest absolute Gasteiger partial charge is 0.411 e. The Bertz CT molecular complexity index is 285. The van der Waals surface area contributed by atoms with Gasteiger partial charge in [0.25, 0.3) is 0 Å². The molecule has 2 atom stereocenters. The van der Waals surface area contributed by atoms with Gasteiger partial charge in [-0.2, -0.15) is 12.6 Å². The number of carbonyl (C=O) groups excluding carboxylic acids is 2. The number of hydrogen-bond donors (Lipinski definition) is 1. The van der Waals surface area contributed by atoms with Crippen molar-refractivity contribution in [2.45, 2.75) is 38.7 Å². The minimum atomic E-state index is -0.508. The summed E-state index contributed by atoms with van der Waals surface area (Å²) in [6.07, 6.45) is -0.403. The van der Waals surface area contributed by atoms with Gasteiger partial charge in [0.1, 0.15) is 11.4 Å². The molecule has 1 aliphatic heterocycles. The molecular weight excluding hydrogens is 214 g/mol. The summed E-state index contributed by atoms with van der Waals surface area (Å²) >= 11 is 4.21. The number of ether oxygens (including phenoxy) is 1. The molecule has 86 valence electrons. The summed E-state index contributed by atoms with van der Waals surface area (Å²) in [5.74, 6) is -0.0874. The standard InChI is InChI=1S/C10H17NO3S/c1-6(12)7-5-11(8(7)15)9(13)14-10(2,3)4/h7-8,15H,5H2,1-4H3. The van der Waals surface area contributed by atoms with Gasteiger partial charge in [-0.3, -0.25) is 9.69 Å². The van der Waals surface area contributed by atoms with Crippen LogP contribution >= 0.6 is 12.6 Å². The number of carbonyl (C=O) groups is 2. The molecule has 1 amide bonds. The SMILES string of the molecule is CC(=O)C1CN(C(=O)OC(C)(C)C)C1S. The molecule has 15 heavy (non-hydrogen) atoms. The number of hydrogen-bond acceptors (Lipinski definition) is 4. The van der Waals surface area contributed by atoms with Crippen LogP contribution in [-0.2, 0) is 9.53 Å². The molecule has 0 N–H and O–H groups in total. The predicted molar refractivity (Wildman–Crippen MR) is 59.9 cm³/mol. The first-order chi connectivity index (χ1) is 6.72. The molecule has 1 saturated heterocycles. The number of ketones is 1. The van der Waals surface area contributed by atoms with E-state index >= 15 is 0 Å². The lowest BCUT2D eigenvalue weighted by Crippen LogP contribution is -2.59. The van der Waals surface area contributed by atoms with Crippen LogP contribution in [-0.4, -0.2) is 34.3 Å². The van der Waals surface area contributed by atoms with Gasteiger partial charge in [-0.05, 0) is 27.7 Å². The van der Waals surface area contributed by atoms with Gasteiger partial charge in [0.05, 0.1) is 11.3 Å². The van der Waals surface area contributed by atoms with E-state index in [-0.39, 0.29) is 17.1 Å². The van der Waals surface area contributed by atoms with Crippen LogP contribution in [0.4, 0.5) is 4.79 Å². The third-order valence-electron chi connectivity index (χ3n) is 2.22. The predicted octanol–water partition coefficient (Wildman–Crippen LogP) is 1.70. The average Bonchev–Trinajstić information content (AvgIpc) is 1.97. The largest absolute Gasteiger partial charge is 0.444 e. The summed E-state index contributed by atoms with van der Waals surface area (Å²) in [6, 6.07) is 0. The van der Waals surface area contributed by atoms with Gasteiger partial charge in [-0.1, -0.05) is 0 Å². The van der Waals surface area contributed by atoms with Crippen LogP contribution in [0.5, 0.6) is 0 Å². The summed E-state index contributed by atoms with van der Waals surface area (Å²) in [5.41, 5.74) is -0.508. The lowest BCUT2D eigenvalue weighted by molar-refractivity contribution is -0.126. The van der Waals surface area contributed by atoms with E-state index in [9.17, 15) is 9.59 Å². The van der Waals surface area contributed by atoms with E-state index in [1.807, 2.05) is 0 Å². The number of nitrogens with zero attached hydrogens (tertiary/aromatic N) is 1. The van der Waals surface area contributed by atoms with Crippen molar-refractivity contribution in [1.82, 2.24) is 4.90 Å². The Labute approximate surface area is 95.4 Å². The van der Waals surface area contributed by atoms with Gasteiger partial charge in [-0.25, -0.2) is 4.79 Å². The molecule has 1 heterocycles. The molecule has 0 aliphatic carbocycles. The second-order valence-corrected chi connectivity index (χ2v) is 5.29. The maximum absolute atomic E-state index is 11.6. The van der Waals surface area contributed by atoms with E-state index in [4.69, 9.17) is 4.74 Å². The highest BCUT2D eigenvalue weighted by Gasteiger charge is 2.43. The van der Waals surface area contributed by atoms with Crippen LogP contribution in [0.1, 0.15) is 27.7 Å². The minimum absolute atomic E-state index is 0.0646. The van der Waals surface area contributed by atoms with Crippen LogP contribution in [0.15, 0.2) is 0 Å². The molecule has 0 aromatic heterocycles. The highest BCUT2D eigenvalue weighted by atomic mass is 32.1. The van der Waals surface area contributed by atoms with Gasteiger partial charge in [0.15, 0.2) is 0 Å². The van der Waals surface area contributed by atoms with Crippen LogP contribution in [0.25, 0.3) is 0 Å². The lowest BCUT2D eigenvalue weighted by Gasteiger charge is -2.44. The van der Waals surface area contributed by atoms with Crippen molar-refractivity contribution in [1.29, 1.82) is 0 Å². The van der Waals surface area contributed by atoms with Crippen molar-refractivity contribution in [2.24, 2.45) is 5.92 Å². The fraction of sp³-hybridized carbons (Fsp3) is 0.800. The van der Waals surface area contributed by atoms with Crippen molar-refractivity contribution in [3.05, 3.63) is 0 Å². The van der Waals surface area contributed by atoms with E-state index in [0.29, 0.717) is 6.54 Å². The van der Waals surface area contributed by atoms with E-state index in [0.717, 1.165) is 0 Å². The van der Waals surface area contributed by atoms with Gasteiger partial charge < -0.3 is 4.74 Å². The fourth-order valence-corrected chi connectivity index (χ4v) is 1.83. The Morgan fingerprint density at radius 3 is 2.27 bits per heavy atom. The number of Topliss-reactive ketones (excluding diaryl/α,β-unsaturated/α-hetero) is 1. The minimum Gasteiger partial charge on any atom is -0.444 e. The normalized spacial score (nSPS) is 25.8. The molecule has 0 aromatic rings. The third kappa shape index (κ3) is 2.87. The number of rotatable bonds is 1. The molecule has 0 saturated carbocycles. The van der Waals surface area contributed by atoms with Gasteiger partial charge in [0, 0.05) is 6.54 Å². The molecule has 5 heteroatoms. The summed E-state index contributed by atoms with van der Waals surface area (Å²) < 4.78 is 5.17. The van der Waals surface area contributed by atoms with E-state index in [1.54, 1.807) is 20.8 Å². The number of amides is 1. The van der Waals surface area contributed by atoms with Crippen molar-refractivity contribution >= 4 is 24.5 Å². The van der Waals surface area contributed by atoms with E-state index < -0.39 is 11.7 Å².